The van der Waals surface area contributed by atoms with Gasteiger partial charge in [0.05, 0.1) is 6.04 Å². The normalized spacial score (nSPS) is 29.6. The van der Waals surface area contributed by atoms with Crippen LogP contribution in [0.3, 0.4) is 0 Å². The molecule has 0 spiro atoms. The number of hydrogen-bond donors (Lipinski definition) is 2. The molecular formula is C18H29Cl2N3O. The number of hydrogen-bond acceptors (Lipinski definition) is 3. The van der Waals surface area contributed by atoms with Gasteiger partial charge in [0, 0.05) is 24.4 Å². The number of nitrogens with two attached hydrogens (primary N) is 1. The molecule has 1 amide bonds. The molecule has 6 heteroatoms. The summed E-state index contributed by atoms with van der Waals surface area (Å²) in [5.74, 6) is 1.45. The van der Waals surface area contributed by atoms with Gasteiger partial charge in [-0.2, -0.15) is 0 Å². The second kappa shape index (κ2) is 9.59. The third-order valence-corrected chi connectivity index (χ3v) is 5.62. The van der Waals surface area contributed by atoms with E-state index in [0.29, 0.717) is 17.9 Å². The number of nitrogens with zero attached hydrogens (tertiary/aromatic N) is 1. The zero-order chi connectivity index (χ0) is 15.5. The minimum absolute atomic E-state index is 0. The fourth-order valence-electron chi connectivity index (χ4n) is 4.31. The summed E-state index contributed by atoms with van der Waals surface area (Å²) < 4.78 is 0. The predicted molar refractivity (Wildman–Crippen MR) is 101 cm³/mol. The lowest BCUT2D eigenvalue weighted by Gasteiger charge is -2.43. The van der Waals surface area contributed by atoms with Gasteiger partial charge in [-0.1, -0.05) is 13.3 Å². The number of rotatable bonds is 4. The van der Waals surface area contributed by atoms with E-state index in [2.05, 4.69) is 17.2 Å². The predicted octanol–water partition coefficient (Wildman–Crippen LogP) is 3.65. The molecule has 3 unspecified atom stereocenters. The average molecular weight is 374 g/mol. The first-order chi connectivity index (χ1) is 10.7. The molecule has 136 valence electrons. The quantitative estimate of drug-likeness (QED) is 0.845. The first kappa shape index (κ1) is 21.2. The highest BCUT2D eigenvalue weighted by atomic mass is 35.5. The van der Waals surface area contributed by atoms with Crippen LogP contribution >= 0.6 is 24.8 Å². The summed E-state index contributed by atoms with van der Waals surface area (Å²) in [6.45, 7) is 2.11. The van der Waals surface area contributed by atoms with Crippen LogP contribution in [0.4, 0.5) is 0 Å². The second-order valence-corrected chi connectivity index (χ2v) is 6.95. The van der Waals surface area contributed by atoms with E-state index in [4.69, 9.17) is 5.73 Å². The van der Waals surface area contributed by atoms with Gasteiger partial charge in [0.15, 0.2) is 0 Å². The molecule has 2 saturated carbocycles. The Labute approximate surface area is 157 Å². The molecular weight excluding hydrogens is 345 g/mol. The summed E-state index contributed by atoms with van der Waals surface area (Å²) in [7, 11) is 0. The van der Waals surface area contributed by atoms with Gasteiger partial charge >= 0.3 is 0 Å². The molecule has 2 bridgehead atoms. The van der Waals surface area contributed by atoms with Crippen LogP contribution < -0.4 is 11.1 Å². The van der Waals surface area contributed by atoms with Crippen molar-refractivity contribution in [3.05, 3.63) is 30.1 Å². The van der Waals surface area contributed by atoms with Crippen LogP contribution in [0.2, 0.25) is 0 Å². The van der Waals surface area contributed by atoms with Gasteiger partial charge in [-0.3, -0.25) is 9.78 Å². The summed E-state index contributed by atoms with van der Waals surface area (Å²) in [4.78, 5) is 16.8. The van der Waals surface area contributed by atoms with Crippen LogP contribution in [0.25, 0.3) is 0 Å². The Kier molecular flexibility index (Phi) is 8.48. The van der Waals surface area contributed by atoms with E-state index < -0.39 is 0 Å². The van der Waals surface area contributed by atoms with Gasteiger partial charge in [-0.15, -0.1) is 24.8 Å². The van der Waals surface area contributed by atoms with Crippen LogP contribution in [0.5, 0.6) is 0 Å². The van der Waals surface area contributed by atoms with Gasteiger partial charge in [0.25, 0.3) is 0 Å². The van der Waals surface area contributed by atoms with E-state index in [9.17, 15) is 4.79 Å². The molecule has 2 aliphatic carbocycles. The number of nitrogens with one attached hydrogen (secondary N) is 1. The van der Waals surface area contributed by atoms with E-state index >= 15 is 0 Å². The molecule has 3 rings (SSSR count). The highest BCUT2D eigenvalue weighted by Gasteiger charge is 2.40. The van der Waals surface area contributed by atoms with Gasteiger partial charge in [-0.25, -0.2) is 0 Å². The van der Waals surface area contributed by atoms with Gasteiger partial charge < -0.3 is 11.1 Å². The monoisotopic (exact) mass is 373 g/mol. The molecule has 4 nitrogen and oxygen atoms in total. The molecule has 0 aromatic carbocycles. The van der Waals surface area contributed by atoms with Crippen molar-refractivity contribution in [2.24, 2.45) is 23.5 Å². The average Bonchev–Trinajstić information content (AvgIpc) is 2.53. The fourth-order valence-corrected chi connectivity index (χ4v) is 4.31. The molecule has 0 saturated heterocycles. The maximum atomic E-state index is 12.7. The van der Waals surface area contributed by atoms with Crippen LogP contribution in [0, 0.1) is 17.8 Å². The lowest BCUT2D eigenvalue weighted by atomic mass is 9.65. The fraction of sp³-hybridized carbons (Fsp3) is 0.667. The minimum atomic E-state index is 0. The smallest absolute Gasteiger partial charge is 0.223 e. The van der Waals surface area contributed by atoms with E-state index in [1.54, 1.807) is 12.4 Å². The molecule has 1 heterocycles. The Morgan fingerprint density at radius 3 is 2.38 bits per heavy atom. The maximum absolute atomic E-state index is 12.7. The lowest BCUT2D eigenvalue weighted by Crippen LogP contribution is -2.49. The third-order valence-electron chi connectivity index (χ3n) is 5.62. The topological polar surface area (TPSA) is 68.0 Å². The number of halogens is 2. The SMILES string of the molecule is CCC(NC(=O)C1CC2CCCC(C1)C2N)c1ccncc1.Cl.Cl. The van der Waals surface area contributed by atoms with Crippen molar-refractivity contribution in [3.63, 3.8) is 0 Å². The molecule has 1 aromatic rings. The van der Waals surface area contributed by atoms with E-state index in [0.717, 1.165) is 24.8 Å². The minimum Gasteiger partial charge on any atom is -0.349 e. The largest absolute Gasteiger partial charge is 0.349 e. The Balaban J connectivity index is 0.00000144. The Bertz CT molecular complexity index is 500. The zero-order valence-electron chi connectivity index (χ0n) is 14.2. The maximum Gasteiger partial charge on any atom is 0.223 e. The second-order valence-electron chi connectivity index (χ2n) is 6.95. The Hall–Kier alpha value is -0.840. The molecule has 3 N–H and O–H groups in total. The molecule has 2 fully saturated rings. The van der Waals surface area contributed by atoms with Crippen molar-refractivity contribution in [2.45, 2.75) is 57.5 Å². The van der Waals surface area contributed by atoms with E-state index in [1.807, 2.05) is 12.1 Å². The van der Waals surface area contributed by atoms with Gasteiger partial charge in [0.1, 0.15) is 0 Å². The summed E-state index contributed by atoms with van der Waals surface area (Å²) in [5.41, 5.74) is 7.46. The molecule has 2 aliphatic rings. The zero-order valence-corrected chi connectivity index (χ0v) is 15.8. The first-order valence-electron chi connectivity index (χ1n) is 8.65. The lowest BCUT2D eigenvalue weighted by molar-refractivity contribution is -0.128. The summed E-state index contributed by atoms with van der Waals surface area (Å²) >= 11 is 0. The van der Waals surface area contributed by atoms with Crippen molar-refractivity contribution in [3.8, 4) is 0 Å². The first-order valence-corrected chi connectivity index (χ1v) is 8.65. The number of carbonyl (C=O) groups excluding carboxylic acids is 1. The van der Waals surface area contributed by atoms with Crippen LogP contribution in [-0.4, -0.2) is 16.9 Å². The number of amides is 1. The van der Waals surface area contributed by atoms with Gasteiger partial charge in [-0.05, 0) is 61.6 Å². The number of fused-ring (bicyclic) bond motifs is 2. The van der Waals surface area contributed by atoms with Crippen LogP contribution in [0.1, 0.15) is 57.1 Å². The summed E-state index contributed by atoms with van der Waals surface area (Å²) in [6.07, 6.45) is 10.1. The summed E-state index contributed by atoms with van der Waals surface area (Å²) in [5, 5.41) is 3.25. The number of pyridine rings is 1. The van der Waals surface area contributed by atoms with Crippen molar-refractivity contribution in [1.82, 2.24) is 10.3 Å². The van der Waals surface area contributed by atoms with E-state index in [1.165, 1.54) is 19.3 Å². The standard InChI is InChI=1S/C18H27N3O.2ClH/c1-2-16(12-6-8-20-9-7-12)21-18(22)15-10-13-4-3-5-14(11-15)17(13)19;;/h6-9,13-17H,2-5,10-11,19H2,1H3,(H,21,22);2*1H. The number of carbonyl (C=O) groups is 1. The Morgan fingerprint density at radius 1 is 1.25 bits per heavy atom. The third kappa shape index (κ3) is 4.62. The highest BCUT2D eigenvalue weighted by molar-refractivity contribution is 5.85. The summed E-state index contributed by atoms with van der Waals surface area (Å²) in [6, 6.07) is 4.38. The number of aromatic nitrogens is 1. The van der Waals surface area contributed by atoms with Crippen molar-refractivity contribution >= 4 is 30.7 Å². The van der Waals surface area contributed by atoms with Crippen molar-refractivity contribution < 1.29 is 4.79 Å². The molecule has 24 heavy (non-hydrogen) atoms. The van der Waals surface area contributed by atoms with Gasteiger partial charge in [0.2, 0.25) is 5.91 Å². The highest BCUT2D eigenvalue weighted by Crippen LogP contribution is 2.42. The van der Waals surface area contributed by atoms with E-state index in [-0.39, 0.29) is 42.7 Å². The molecule has 0 aliphatic heterocycles. The van der Waals surface area contributed by atoms with Crippen LogP contribution in [0.15, 0.2) is 24.5 Å². The van der Waals surface area contributed by atoms with Crippen LogP contribution in [-0.2, 0) is 4.79 Å². The Morgan fingerprint density at radius 2 is 1.83 bits per heavy atom. The molecule has 1 aromatic heterocycles. The van der Waals surface area contributed by atoms with Crippen molar-refractivity contribution in [2.75, 3.05) is 0 Å². The van der Waals surface area contributed by atoms with Crippen molar-refractivity contribution in [1.29, 1.82) is 0 Å². The molecule has 0 radical (unpaired) electrons. The molecule has 3 atom stereocenters.